The number of nitrogens with zero attached hydrogens (tertiary/aromatic N) is 4. The van der Waals surface area contributed by atoms with E-state index in [0.717, 1.165) is 30.8 Å². The molecular weight excluding hydrogens is 354 g/mol. The van der Waals surface area contributed by atoms with E-state index in [1.54, 1.807) is 13.4 Å². The molecule has 8 heteroatoms. The first-order chi connectivity index (χ1) is 13.6. The SMILES string of the molecule is CCc1nncn1CCNC(=NC)NCc1cccc(C(=O)NC(C)CC)c1. The summed E-state index contributed by atoms with van der Waals surface area (Å²) >= 11 is 0. The molecule has 2 rings (SSSR count). The lowest BCUT2D eigenvalue weighted by atomic mass is 10.1. The Kier molecular flexibility index (Phi) is 8.45. The Morgan fingerprint density at radius 1 is 1.29 bits per heavy atom. The average Bonchev–Trinajstić information content (AvgIpc) is 3.18. The van der Waals surface area contributed by atoms with Crippen LogP contribution in [0.4, 0.5) is 0 Å². The number of hydrogen-bond donors (Lipinski definition) is 3. The molecule has 1 aromatic carbocycles. The average molecular weight is 386 g/mol. The molecule has 2 aromatic rings. The summed E-state index contributed by atoms with van der Waals surface area (Å²) in [6.07, 6.45) is 3.50. The molecule has 8 nitrogen and oxygen atoms in total. The Bertz CT molecular complexity index is 784. The summed E-state index contributed by atoms with van der Waals surface area (Å²) < 4.78 is 2.03. The van der Waals surface area contributed by atoms with Gasteiger partial charge in [-0.1, -0.05) is 26.0 Å². The molecule has 0 saturated carbocycles. The third-order valence-corrected chi connectivity index (χ3v) is 4.52. The van der Waals surface area contributed by atoms with E-state index < -0.39 is 0 Å². The lowest BCUT2D eigenvalue weighted by molar-refractivity contribution is 0.0939. The van der Waals surface area contributed by atoms with Crippen molar-refractivity contribution in [3.05, 3.63) is 47.5 Å². The van der Waals surface area contributed by atoms with Crippen molar-refractivity contribution in [3.63, 3.8) is 0 Å². The van der Waals surface area contributed by atoms with Crippen LogP contribution in [-0.2, 0) is 19.5 Å². The van der Waals surface area contributed by atoms with E-state index in [4.69, 9.17) is 0 Å². The molecule has 0 fully saturated rings. The molecule has 1 heterocycles. The van der Waals surface area contributed by atoms with Crippen LogP contribution in [0.3, 0.4) is 0 Å². The van der Waals surface area contributed by atoms with Gasteiger partial charge in [-0.05, 0) is 31.0 Å². The van der Waals surface area contributed by atoms with Crippen LogP contribution in [0.25, 0.3) is 0 Å². The monoisotopic (exact) mass is 385 g/mol. The van der Waals surface area contributed by atoms with Gasteiger partial charge in [0, 0.05) is 44.7 Å². The second kappa shape index (κ2) is 11.1. The Hall–Kier alpha value is -2.90. The number of guanidine groups is 1. The molecule has 3 N–H and O–H groups in total. The first-order valence-electron chi connectivity index (χ1n) is 9.78. The predicted octanol–water partition coefficient (Wildman–Crippen LogP) is 1.73. The fourth-order valence-electron chi connectivity index (χ4n) is 2.67. The molecule has 1 atom stereocenters. The summed E-state index contributed by atoms with van der Waals surface area (Å²) in [5.41, 5.74) is 1.69. The van der Waals surface area contributed by atoms with Crippen LogP contribution in [0.5, 0.6) is 0 Å². The van der Waals surface area contributed by atoms with Crippen LogP contribution in [-0.4, -0.2) is 46.3 Å². The van der Waals surface area contributed by atoms with Crippen LogP contribution >= 0.6 is 0 Å². The van der Waals surface area contributed by atoms with E-state index in [1.165, 1.54) is 0 Å². The van der Waals surface area contributed by atoms with E-state index >= 15 is 0 Å². The standard InChI is InChI=1S/C20H31N7O/c1-5-15(3)25-19(28)17-9-7-8-16(12-17)13-23-20(21-4)22-10-11-27-14-24-26-18(27)6-2/h7-9,12,14-15H,5-6,10-11,13H2,1-4H3,(H,25,28)(H2,21,22,23). The van der Waals surface area contributed by atoms with Gasteiger partial charge in [0.25, 0.3) is 5.91 Å². The van der Waals surface area contributed by atoms with Crippen molar-refractivity contribution < 1.29 is 4.79 Å². The molecule has 0 aliphatic heterocycles. The van der Waals surface area contributed by atoms with Gasteiger partial charge < -0.3 is 20.5 Å². The molecule has 0 bridgehead atoms. The number of nitrogens with one attached hydrogen (secondary N) is 3. The zero-order valence-corrected chi connectivity index (χ0v) is 17.2. The molecule has 0 aliphatic carbocycles. The Morgan fingerprint density at radius 2 is 2.11 bits per heavy atom. The van der Waals surface area contributed by atoms with E-state index in [2.05, 4.69) is 45.0 Å². The topological polar surface area (TPSA) is 96.2 Å². The van der Waals surface area contributed by atoms with Crippen LogP contribution in [0.1, 0.15) is 48.9 Å². The Morgan fingerprint density at radius 3 is 2.82 bits per heavy atom. The number of carbonyl (C=O) groups is 1. The van der Waals surface area contributed by atoms with Gasteiger partial charge in [-0.25, -0.2) is 0 Å². The maximum Gasteiger partial charge on any atom is 0.251 e. The van der Waals surface area contributed by atoms with Crippen LogP contribution in [0.15, 0.2) is 35.6 Å². The Labute approximate surface area is 166 Å². The fraction of sp³-hybridized carbons (Fsp3) is 0.500. The number of hydrogen-bond acceptors (Lipinski definition) is 4. The first kappa shape index (κ1) is 21.4. The third-order valence-electron chi connectivity index (χ3n) is 4.52. The first-order valence-corrected chi connectivity index (χ1v) is 9.78. The van der Waals surface area contributed by atoms with Gasteiger partial charge in [0.05, 0.1) is 0 Å². The summed E-state index contributed by atoms with van der Waals surface area (Å²) in [5, 5.41) is 17.6. The summed E-state index contributed by atoms with van der Waals surface area (Å²) in [4.78, 5) is 16.5. The maximum absolute atomic E-state index is 12.3. The van der Waals surface area contributed by atoms with Crippen molar-refractivity contribution >= 4 is 11.9 Å². The van der Waals surface area contributed by atoms with Gasteiger partial charge in [0.1, 0.15) is 12.2 Å². The number of aryl methyl sites for hydroxylation is 1. The van der Waals surface area contributed by atoms with Crippen molar-refractivity contribution in [3.8, 4) is 0 Å². The van der Waals surface area contributed by atoms with Gasteiger partial charge in [0.2, 0.25) is 0 Å². The van der Waals surface area contributed by atoms with Crippen molar-refractivity contribution in [1.82, 2.24) is 30.7 Å². The maximum atomic E-state index is 12.3. The van der Waals surface area contributed by atoms with Crippen molar-refractivity contribution in [2.24, 2.45) is 4.99 Å². The summed E-state index contributed by atoms with van der Waals surface area (Å²) in [5.74, 6) is 1.64. The van der Waals surface area contributed by atoms with Crippen molar-refractivity contribution in [1.29, 1.82) is 0 Å². The van der Waals surface area contributed by atoms with Crippen LogP contribution < -0.4 is 16.0 Å². The zero-order valence-electron chi connectivity index (χ0n) is 17.2. The minimum absolute atomic E-state index is 0.0422. The van der Waals surface area contributed by atoms with Gasteiger partial charge in [-0.15, -0.1) is 10.2 Å². The zero-order chi connectivity index (χ0) is 20.4. The van der Waals surface area contributed by atoms with E-state index in [-0.39, 0.29) is 11.9 Å². The molecule has 1 aromatic heterocycles. The highest BCUT2D eigenvalue weighted by Crippen LogP contribution is 2.06. The molecule has 1 amide bonds. The molecular formula is C20H31N7O. The number of carbonyl (C=O) groups excluding carboxylic acids is 1. The number of aromatic nitrogens is 3. The van der Waals surface area contributed by atoms with E-state index in [0.29, 0.717) is 24.6 Å². The minimum atomic E-state index is -0.0422. The quantitative estimate of drug-likeness (QED) is 0.451. The second-order valence-electron chi connectivity index (χ2n) is 6.63. The molecule has 1 unspecified atom stereocenters. The van der Waals surface area contributed by atoms with Gasteiger partial charge in [-0.3, -0.25) is 9.79 Å². The van der Waals surface area contributed by atoms with Gasteiger partial charge in [0.15, 0.2) is 5.96 Å². The smallest absolute Gasteiger partial charge is 0.251 e. The fourth-order valence-corrected chi connectivity index (χ4v) is 2.67. The number of benzene rings is 1. The molecule has 0 aliphatic rings. The third kappa shape index (κ3) is 6.37. The molecule has 152 valence electrons. The van der Waals surface area contributed by atoms with Crippen LogP contribution in [0.2, 0.25) is 0 Å². The highest BCUT2D eigenvalue weighted by Gasteiger charge is 2.09. The summed E-state index contributed by atoms with van der Waals surface area (Å²) in [7, 11) is 1.74. The van der Waals surface area contributed by atoms with E-state index in [1.807, 2.05) is 35.8 Å². The summed E-state index contributed by atoms with van der Waals surface area (Å²) in [6.45, 7) is 8.17. The van der Waals surface area contributed by atoms with Crippen LogP contribution in [0, 0.1) is 0 Å². The molecule has 0 saturated heterocycles. The van der Waals surface area contributed by atoms with Crippen molar-refractivity contribution in [2.45, 2.75) is 52.7 Å². The number of amides is 1. The largest absolute Gasteiger partial charge is 0.355 e. The molecule has 28 heavy (non-hydrogen) atoms. The van der Waals surface area contributed by atoms with E-state index in [9.17, 15) is 4.79 Å². The van der Waals surface area contributed by atoms with Gasteiger partial charge >= 0.3 is 0 Å². The molecule has 0 spiro atoms. The highest BCUT2D eigenvalue weighted by molar-refractivity contribution is 5.94. The number of rotatable bonds is 9. The normalized spacial score (nSPS) is 12.5. The predicted molar refractivity (Wildman–Crippen MR) is 111 cm³/mol. The summed E-state index contributed by atoms with van der Waals surface area (Å²) in [6, 6.07) is 7.79. The lowest BCUT2D eigenvalue weighted by Crippen LogP contribution is -2.38. The lowest BCUT2D eigenvalue weighted by Gasteiger charge is -2.14. The van der Waals surface area contributed by atoms with Gasteiger partial charge in [-0.2, -0.15) is 0 Å². The minimum Gasteiger partial charge on any atom is -0.355 e. The van der Waals surface area contributed by atoms with Crippen molar-refractivity contribution in [2.75, 3.05) is 13.6 Å². The highest BCUT2D eigenvalue weighted by atomic mass is 16.1. The number of aliphatic imine (C=N–C) groups is 1. The Balaban J connectivity index is 1.84. The second-order valence-corrected chi connectivity index (χ2v) is 6.63. The molecule has 0 radical (unpaired) electrons.